The van der Waals surface area contributed by atoms with Crippen LogP contribution in [0, 0.1) is 0 Å². The van der Waals surface area contributed by atoms with Gasteiger partial charge < -0.3 is 9.80 Å². The molecule has 0 aromatic rings. The molecular formula is C11H22N2O. The summed E-state index contributed by atoms with van der Waals surface area (Å²) in [6, 6.07) is 0.599. The smallest absolute Gasteiger partial charge is 0.221 e. The standard InChI is InChI=1S/C11H22N2O/c1-7-12(9(2)3)8-13(10(4)5)11(6)14/h7,9-10H,1,8H2,2-6H3. The molecule has 0 fully saturated rings. The second-order valence-corrected chi connectivity index (χ2v) is 4.01. The molecule has 0 N–H and O–H groups in total. The number of hydrogen-bond acceptors (Lipinski definition) is 2. The Labute approximate surface area is 87.4 Å². The number of amides is 1. The van der Waals surface area contributed by atoms with E-state index in [0.717, 1.165) is 0 Å². The van der Waals surface area contributed by atoms with E-state index < -0.39 is 0 Å². The van der Waals surface area contributed by atoms with E-state index in [9.17, 15) is 4.79 Å². The average Bonchev–Trinajstić information content (AvgIpc) is 2.03. The molecule has 0 spiro atoms. The van der Waals surface area contributed by atoms with Crippen molar-refractivity contribution in [3.8, 4) is 0 Å². The molecule has 0 atom stereocenters. The highest BCUT2D eigenvalue weighted by Gasteiger charge is 2.15. The predicted molar refractivity (Wildman–Crippen MR) is 59.7 cm³/mol. The summed E-state index contributed by atoms with van der Waals surface area (Å²) in [6.07, 6.45) is 1.78. The third-order valence-electron chi connectivity index (χ3n) is 2.24. The molecule has 0 heterocycles. The van der Waals surface area contributed by atoms with Crippen molar-refractivity contribution < 1.29 is 4.79 Å². The Bertz CT molecular complexity index is 199. The molecule has 0 bridgehead atoms. The molecule has 0 aromatic carbocycles. The van der Waals surface area contributed by atoms with Crippen molar-refractivity contribution in [1.29, 1.82) is 0 Å². The van der Waals surface area contributed by atoms with E-state index in [0.29, 0.717) is 12.7 Å². The predicted octanol–water partition coefficient (Wildman–Crippen LogP) is 2.05. The topological polar surface area (TPSA) is 23.6 Å². The SMILES string of the molecule is C=CN(CN(C(C)=O)C(C)C)C(C)C. The Kier molecular flexibility index (Phi) is 5.28. The summed E-state index contributed by atoms with van der Waals surface area (Å²) in [4.78, 5) is 15.2. The first kappa shape index (κ1) is 13.0. The average molecular weight is 198 g/mol. The van der Waals surface area contributed by atoms with Gasteiger partial charge in [0.15, 0.2) is 0 Å². The lowest BCUT2D eigenvalue weighted by Gasteiger charge is -2.34. The van der Waals surface area contributed by atoms with Crippen LogP contribution >= 0.6 is 0 Å². The van der Waals surface area contributed by atoms with Gasteiger partial charge in [-0.3, -0.25) is 4.79 Å². The fraction of sp³-hybridized carbons (Fsp3) is 0.727. The zero-order valence-electron chi connectivity index (χ0n) is 9.95. The van der Waals surface area contributed by atoms with Crippen LogP contribution in [0.1, 0.15) is 34.6 Å². The summed E-state index contributed by atoms with van der Waals surface area (Å²) in [5.74, 6) is 0.104. The highest BCUT2D eigenvalue weighted by molar-refractivity contribution is 5.73. The summed E-state index contributed by atoms with van der Waals surface area (Å²) in [7, 11) is 0. The molecule has 14 heavy (non-hydrogen) atoms. The Morgan fingerprint density at radius 3 is 2.00 bits per heavy atom. The first-order valence-corrected chi connectivity index (χ1v) is 5.05. The minimum Gasteiger partial charge on any atom is -0.358 e. The summed E-state index contributed by atoms with van der Waals surface area (Å²) in [5.41, 5.74) is 0. The van der Waals surface area contributed by atoms with Crippen LogP contribution < -0.4 is 0 Å². The molecule has 0 aliphatic heterocycles. The molecule has 3 nitrogen and oxygen atoms in total. The molecule has 0 aromatic heterocycles. The van der Waals surface area contributed by atoms with Crippen LogP contribution in [0.3, 0.4) is 0 Å². The van der Waals surface area contributed by atoms with Gasteiger partial charge in [0, 0.05) is 19.0 Å². The van der Waals surface area contributed by atoms with Crippen molar-refractivity contribution in [2.45, 2.75) is 46.7 Å². The van der Waals surface area contributed by atoms with Crippen LogP contribution in [0.2, 0.25) is 0 Å². The quantitative estimate of drug-likeness (QED) is 0.631. The molecule has 1 amide bonds. The Hall–Kier alpha value is -0.990. The lowest BCUT2D eigenvalue weighted by atomic mass is 10.3. The van der Waals surface area contributed by atoms with E-state index in [2.05, 4.69) is 20.4 Å². The van der Waals surface area contributed by atoms with Gasteiger partial charge in [-0.15, -0.1) is 0 Å². The monoisotopic (exact) mass is 198 g/mol. The van der Waals surface area contributed by atoms with Crippen LogP contribution in [0.4, 0.5) is 0 Å². The van der Waals surface area contributed by atoms with E-state index in [1.54, 1.807) is 13.1 Å². The number of carbonyl (C=O) groups is 1. The maximum Gasteiger partial charge on any atom is 0.221 e. The molecule has 3 heteroatoms. The van der Waals surface area contributed by atoms with Crippen LogP contribution in [-0.4, -0.2) is 34.5 Å². The summed E-state index contributed by atoms with van der Waals surface area (Å²) < 4.78 is 0. The Morgan fingerprint density at radius 2 is 1.79 bits per heavy atom. The Morgan fingerprint density at radius 1 is 1.29 bits per heavy atom. The third kappa shape index (κ3) is 3.81. The van der Waals surface area contributed by atoms with Crippen LogP contribution in [0.5, 0.6) is 0 Å². The molecule has 82 valence electrons. The van der Waals surface area contributed by atoms with Crippen LogP contribution in [0.15, 0.2) is 12.8 Å². The molecular weight excluding hydrogens is 176 g/mol. The normalized spacial score (nSPS) is 10.5. The molecule has 0 rings (SSSR count). The fourth-order valence-electron chi connectivity index (χ4n) is 1.23. The first-order valence-electron chi connectivity index (χ1n) is 5.05. The third-order valence-corrected chi connectivity index (χ3v) is 2.24. The number of carbonyl (C=O) groups excluding carboxylic acids is 1. The van der Waals surface area contributed by atoms with Gasteiger partial charge in [0.05, 0.1) is 6.67 Å². The molecule has 0 saturated carbocycles. The van der Waals surface area contributed by atoms with Gasteiger partial charge in [-0.05, 0) is 33.9 Å². The molecule has 0 aliphatic carbocycles. The van der Waals surface area contributed by atoms with Gasteiger partial charge in [0.2, 0.25) is 5.91 Å². The zero-order chi connectivity index (χ0) is 11.3. The first-order chi connectivity index (χ1) is 6.40. The van der Waals surface area contributed by atoms with Crippen LogP contribution in [-0.2, 0) is 4.79 Å². The second kappa shape index (κ2) is 5.68. The second-order valence-electron chi connectivity index (χ2n) is 4.01. The number of nitrogens with zero attached hydrogens (tertiary/aromatic N) is 2. The maximum atomic E-state index is 11.3. The van der Waals surface area contributed by atoms with E-state index in [1.165, 1.54) is 0 Å². The molecule has 0 aliphatic rings. The summed E-state index contributed by atoms with van der Waals surface area (Å²) in [6.45, 7) is 14.2. The maximum absolute atomic E-state index is 11.3. The highest BCUT2D eigenvalue weighted by atomic mass is 16.2. The summed E-state index contributed by atoms with van der Waals surface area (Å²) >= 11 is 0. The molecule has 0 radical (unpaired) electrons. The zero-order valence-corrected chi connectivity index (χ0v) is 9.95. The van der Waals surface area contributed by atoms with E-state index in [4.69, 9.17) is 0 Å². The highest BCUT2D eigenvalue weighted by Crippen LogP contribution is 2.05. The lowest BCUT2D eigenvalue weighted by Crippen LogP contribution is -2.44. The fourth-order valence-corrected chi connectivity index (χ4v) is 1.23. The minimum absolute atomic E-state index is 0.104. The minimum atomic E-state index is 0.104. The van der Waals surface area contributed by atoms with Gasteiger partial charge in [0.25, 0.3) is 0 Å². The van der Waals surface area contributed by atoms with Crippen molar-refractivity contribution in [2.24, 2.45) is 0 Å². The number of hydrogen-bond donors (Lipinski definition) is 0. The number of rotatable bonds is 5. The van der Waals surface area contributed by atoms with Gasteiger partial charge in [-0.25, -0.2) is 0 Å². The molecule has 0 unspecified atom stereocenters. The van der Waals surface area contributed by atoms with E-state index in [1.807, 2.05) is 23.6 Å². The van der Waals surface area contributed by atoms with Crippen molar-refractivity contribution >= 4 is 5.91 Å². The van der Waals surface area contributed by atoms with Gasteiger partial charge in [-0.2, -0.15) is 0 Å². The van der Waals surface area contributed by atoms with Crippen molar-refractivity contribution in [1.82, 2.24) is 9.80 Å². The Balaban J connectivity index is 4.41. The van der Waals surface area contributed by atoms with Crippen molar-refractivity contribution in [3.63, 3.8) is 0 Å². The largest absolute Gasteiger partial charge is 0.358 e. The van der Waals surface area contributed by atoms with Crippen molar-refractivity contribution in [3.05, 3.63) is 12.8 Å². The van der Waals surface area contributed by atoms with E-state index in [-0.39, 0.29) is 11.9 Å². The van der Waals surface area contributed by atoms with E-state index >= 15 is 0 Å². The van der Waals surface area contributed by atoms with Gasteiger partial charge >= 0.3 is 0 Å². The van der Waals surface area contributed by atoms with Crippen LogP contribution in [0.25, 0.3) is 0 Å². The summed E-state index contributed by atoms with van der Waals surface area (Å²) in [5, 5.41) is 0. The van der Waals surface area contributed by atoms with Crippen molar-refractivity contribution in [2.75, 3.05) is 6.67 Å². The van der Waals surface area contributed by atoms with Gasteiger partial charge in [0.1, 0.15) is 0 Å². The lowest BCUT2D eigenvalue weighted by molar-refractivity contribution is -0.132. The van der Waals surface area contributed by atoms with Gasteiger partial charge in [-0.1, -0.05) is 6.58 Å². The molecule has 0 saturated heterocycles.